The SMILES string of the molecule is CC.CCCCc1cccc2c1CCNCC2. The third-order valence-corrected chi connectivity index (χ3v) is 3.29. The minimum absolute atomic E-state index is 1.14. The lowest BCUT2D eigenvalue weighted by Crippen LogP contribution is -2.16. The summed E-state index contributed by atoms with van der Waals surface area (Å²) in [5.41, 5.74) is 4.81. The van der Waals surface area contributed by atoms with Gasteiger partial charge in [-0.3, -0.25) is 0 Å². The van der Waals surface area contributed by atoms with E-state index in [4.69, 9.17) is 0 Å². The highest BCUT2D eigenvalue weighted by Crippen LogP contribution is 2.19. The maximum atomic E-state index is 3.48. The number of nitrogens with one attached hydrogen (secondary N) is 1. The molecule has 0 atom stereocenters. The van der Waals surface area contributed by atoms with E-state index in [-0.39, 0.29) is 0 Å². The summed E-state index contributed by atoms with van der Waals surface area (Å²) in [7, 11) is 0. The molecule has 0 radical (unpaired) electrons. The van der Waals surface area contributed by atoms with Crippen LogP contribution < -0.4 is 5.32 Å². The Balaban J connectivity index is 0.000000686. The van der Waals surface area contributed by atoms with Crippen molar-refractivity contribution >= 4 is 0 Å². The number of unbranched alkanes of at least 4 members (excludes halogenated alkanes) is 1. The van der Waals surface area contributed by atoms with E-state index < -0.39 is 0 Å². The second-order valence-electron chi connectivity index (χ2n) is 4.41. The molecule has 0 spiro atoms. The molecule has 2 rings (SSSR count). The molecular formula is C16H27N. The molecule has 0 saturated heterocycles. The standard InChI is InChI=1S/C14H21N.C2H6/c1-2-3-5-12-6-4-7-13-8-10-15-11-9-14(12)13;1-2/h4,6-7,15H,2-3,5,8-11H2,1H3;1-2H3. The van der Waals surface area contributed by atoms with Gasteiger partial charge in [-0.2, -0.15) is 0 Å². The van der Waals surface area contributed by atoms with Crippen molar-refractivity contribution in [1.29, 1.82) is 0 Å². The van der Waals surface area contributed by atoms with Gasteiger partial charge in [0.2, 0.25) is 0 Å². The zero-order valence-electron chi connectivity index (χ0n) is 11.7. The summed E-state index contributed by atoms with van der Waals surface area (Å²) in [6.45, 7) is 8.56. The Morgan fingerprint density at radius 2 is 1.88 bits per heavy atom. The van der Waals surface area contributed by atoms with E-state index in [2.05, 4.69) is 30.4 Å². The molecule has 1 heteroatoms. The average molecular weight is 233 g/mol. The Morgan fingerprint density at radius 1 is 1.12 bits per heavy atom. The number of aryl methyl sites for hydroxylation is 1. The Hall–Kier alpha value is -0.820. The number of rotatable bonds is 3. The maximum absolute atomic E-state index is 3.48. The highest BCUT2D eigenvalue weighted by atomic mass is 14.8. The van der Waals surface area contributed by atoms with Gasteiger partial charge in [-0.15, -0.1) is 0 Å². The van der Waals surface area contributed by atoms with Gasteiger partial charge in [0.1, 0.15) is 0 Å². The molecule has 17 heavy (non-hydrogen) atoms. The van der Waals surface area contributed by atoms with Crippen LogP contribution in [0.25, 0.3) is 0 Å². The van der Waals surface area contributed by atoms with Gasteiger partial charge < -0.3 is 5.32 Å². The molecule has 1 aromatic carbocycles. The van der Waals surface area contributed by atoms with Crippen molar-refractivity contribution in [2.75, 3.05) is 13.1 Å². The number of fused-ring (bicyclic) bond motifs is 1. The Morgan fingerprint density at radius 3 is 2.65 bits per heavy atom. The summed E-state index contributed by atoms with van der Waals surface area (Å²) >= 11 is 0. The van der Waals surface area contributed by atoms with Crippen LogP contribution in [0.1, 0.15) is 50.3 Å². The van der Waals surface area contributed by atoms with Gasteiger partial charge in [-0.1, -0.05) is 45.4 Å². The molecule has 0 aromatic heterocycles. The van der Waals surface area contributed by atoms with Crippen LogP contribution in [0.5, 0.6) is 0 Å². The lowest BCUT2D eigenvalue weighted by atomic mass is 9.94. The van der Waals surface area contributed by atoms with Crippen molar-refractivity contribution in [1.82, 2.24) is 5.32 Å². The molecule has 0 aliphatic carbocycles. The number of hydrogen-bond acceptors (Lipinski definition) is 1. The van der Waals surface area contributed by atoms with Crippen LogP contribution in [0.4, 0.5) is 0 Å². The predicted molar refractivity (Wildman–Crippen MR) is 76.7 cm³/mol. The molecule has 0 fully saturated rings. The van der Waals surface area contributed by atoms with Crippen LogP contribution in [0.3, 0.4) is 0 Å². The highest BCUT2D eigenvalue weighted by molar-refractivity contribution is 5.36. The molecule has 1 aromatic rings. The molecule has 0 bridgehead atoms. The van der Waals surface area contributed by atoms with Crippen LogP contribution >= 0.6 is 0 Å². The lowest BCUT2D eigenvalue weighted by molar-refractivity contribution is 0.708. The topological polar surface area (TPSA) is 12.0 Å². The first-order chi connectivity index (χ1) is 8.42. The van der Waals surface area contributed by atoms with Crippen LogP contribution in [-0.4, -0.2) is 13.1 Å². The van der Waals surface area contributed by atoms with Crippen molar-refractivity contribution in [2.24, 2.45) is 0 Å². The van der Waals surface area contributed by atoms with Crippen molar-refractivity contribution in [3.8, 4) is 0 Å². The molecular weight excluding hydrogens is 206 g/mol. The number of hydrogen-bond donors (Lipinski definition) is 1. The normalized spacial score (nSPS) is 14.3. The van der Waals surface area contributed by atoms with Crippen LogP contribution in [0, 0.1) is 0 Å². The minimum Gasteiger partial charge on any atom is -0.316 e. The highest BCUT2D eigenvalue weighted by Gasteiger charge is 2.10. The van der Waals surface area contributed by atoms with E-state index in [0.29, 0.717) is 0 Å². The van der Waals surface area contributed by atoms with E-state index in [1.165, 1.54) is 32.1 Å². The Kier molecular flexibility index (Phi) is 6.95. The maximum Gasteiger partial charge on any atom is -0.000802 e. The summed E-state index contributed by atoms with van der Waals surface area (Å²) < 4.78 is 0. The molecule has 0 amide bonds. The van der Waals surface area contributed by atoms with Gasteiger partial charge in [0, 0.05) is 0 Å². The minimum atomic E-state index is 1.14. The molecule has 96 valence electrons. The van der Waals surface area contributed by atoms with Gasteiger partial charge in [-0.25, -0.2) is 0 Å². The van der Waals surface area contributed by atoms with E-state index >= 15 is 0 Å². The zero-order chi connectivity index (χ0) is 12.5. The molecule has 1 aliphatic heterocycles. The Labute approximate surface area is 107 Å². The first-order valence-electron chi connectivity index (χ1n) is 7.22. The summed E-state index contributed by atoms with van der Waals surface area (Å²) in [5, 5.41) is 3.48. The predicted octanol–water partition coefficient (Wildman–Crippen LogP) is 3.74. The third-order valence-electron chi connectivity index (χ3n) is 3.29. The van der Waals surface area contributed by atoms with Crippen LogP contribution in [-0.2, 0) is 19.3 Å². The fourth-order valence-corrected chi connectivity index (χ4v) is 2.41. The molecule has 1 aliphatic rings. The number of benzene rings is 1. The lowest BCUT2D eigenvalue weighted by Gasteiger charge is -2.11. The Bertz CT molecular complexity index is 317. The summed E-state index contributed by atoms with van der Waals surface area (Å²) in [4.78, 5) is 0. The molecule has 1 nitrogen and oxygen atoms in total. The zero-order valence-corrected chi connectivity index (χ0v) is 11.7. The molecule has 0 unspecified atom stereocenters. The fraction of sp³-hybridized carbons (Fsp3) is 0.625. The second kappa shape index (κ2) is 8.30. The van der Waals surface area contributed by atoms with Crippen molar-refractivity contribution in [3.63, 3.8) is 0 Å². The summed E-state index contributed by atoms with van der Waals surface area (Å²) in [6, 6.07) is 6.85. The van der Waals surface area contributed by atoms with Crippen molar-refractivity contribution < 1.29 is 0 Å². The summed E-state index contributed by atoms with van der Waals surface area (Å²) in [5.74, 6) is 0. The fourth-order valence-electron chi connectivity index (χ4n) is 2.41. The molecule has 0 saturated carbocycles. The van der Waals surface area contributed by atoms with E-state index in [9.17, 15) is 0 Å². The van der Waals surface area contributed by atoms with Crippen molar-refractivity contribution in [3.05, 3.63) is 34.9 Å². The van der Waals surface area contributed by atoms with Gasteiger partial charge in [-0.05, 0) is 55.5 Å². The first kappa shape index (κ1) is 14.2. The van der Waals surface area contributed by atoms with E-state index in [0.717, 1.165) is 13.1 Å². The van der Waals surface area contributed by atoms with E-state index in [1.54, 1.807) is 16.7 Å². The quantitative estimate of drug-likeness (QED) is 0.838. The molecule has 1 heterocycles. The van der Waals surface area contributed by atoms with Gasteiger partial charge in [0.05, 0.1) is 0 Å². The van der Waals surface area contributed by atoms with Gasteiger partial charge in [0.25, 0.3) is 0 Å². The second-order valence-corrected chi connectivity index (χ2v) is 4.41. The van der Waals surface area contributed by atoms with Crippen molar-refractivity contribution in [2.45, 2.75) is 52.9 Å². The third kappa shape index (κ3) is 4.16. The summed E-state index contributed by atoms with van der Waals surface area (Å²) in [6.07, 6.45) is 6.30. The molecule has 1 N–H and O–H groups in total. The largest absolute Gasteiger partial charge is 0.316 e. The van der Waals surface area contributed by atoms with Gasteiger partial charge >= 0.3 is 0 Å². The van der Waals surface area contributed by atoms with Gasteiger partial charge in [0.15, 0.2) is 0 Å². The smallest absolute Gasteiger partial charge is 0.000802 e. The monoisotopic (exact) mass is 233 g/mol. The average Bonchev–Trinajstić information content (AvgIpc) is 2.64. The first-order valence-corrected chi connectivity index (χ1v) is 7.22. The van der Waals surface area contributed by atoms with Crippen LogP contribution in [0.15, 0.2) is 18.2 Å². The van der Waals surface area contributed by atoms with Crippen LogP contribution in [0.2, 0.25) is 0 Å². The van der Waals surface area contributed by atoms with E-state index in [1.807, 2.05) is 13.8 Å².